The number of ether oxygens (including phenoxy) is 4. The molecule has 0 aromatic rings. The number of hydrogen-bond acceptors (Lipinski definition) is 13. The second-order valence-electron chi connectivity index (χ2n) is 23.2. The van der Waals surface area contributed by atoms with Gasteiger partial charge in [0, 0.05) is 6.42 Å². The van der Waals surface area contributed by atoms with E-state index < -0.39 is 86.8 Å². The fraction of sp³-hybridized carbons (Fsp3) is 0.922. The van der Waals surface area contributed by atoms with Crippen LogP contribution in [0.5, 0.6) is 0 Å². The summed E-state index contributed by atoms with van der Waals surface area (Å²) in [5.74, 6) is -0.207. The summed E-state index contributed by atoms with van der Waals surface area (Å²) in [5.41, 5.74) is 0. The lowest BCUT2D eigenvalue weighted by Crippen LogP contribution is -2.65. The molecule has 2 aliphatic rings. The van der Waals surface area contributed by atoms with Crippen LogP contribution in [0.4, 0.5) is 0 Å². The molecule has 2 heterocycles. The Balaban J connectivity index is 1.72. The van der Waals surface area contributed by atoms with Gasteiger partial charge in [0.05, 0.1) is 32.0 Å². The van der Waals surface area contributed by atoms with E-state index in [-0.39, 0.29) is 12.5 Å². The number of allylic oxidation sites excluding steroid dienone is 4. The molecule has 460 valence electrons. The van der Waals surface area contributed by atoms with Crippen LogP contribution in [0.25, 0.3) is 0 Å². The zero-order valence-corrected chi connectivity index (χ0v) is 49.7. The molecule has 9 N–H and O–H groups in total. The van der Waals surface area contributed by atoms with Crippen LogP contribution in [-0.4, -0.2) is 140 Å². The van der Waals surface area contributed by atoms with Gasteiger partial charge in [0.1, 0.15) is 48.8 Å². The molecule has 0 spiro atoms. The zero-order valence-electron chi connectivity index (χ0n) is 49.7. The zero-order chi connectivity index (χ0) is 56.7. The van der Waals surface area contributed by atoms with Gasteiger partial charge in [0.25, 0.3) is 0 Å². The van der Waals surface area contributed by atoms with Crippen molar-refractivity contribution in [2.75, 3.05) is 19.8 Å². The Bertz CT molecular complexity index is 1400. The highest BCUT2D eigenvalue weighted by Crippen LogP contribution is 2.30. The van der Waals surface area contributed by atoms with E-state index in [0.717, 1.165) is 64.2 Å². The van der Waals surface area contributed by atoms with Crippen LogP contribution in [0.15, 0.2) is 24.3 Å². The molecule has 1 amide bonds. The minimum Gasteiger partial charge on any atom is -0.394 e. The minimum atomic E-state index is -1.78. The van der Waals surface area contributed by atoms with Gasteiger partial charge in [-0.1, -0.05) is 256 Å². The first-order valence-electron chi connectivity index (χ1n) is 32.6. The largest absolute Gasteiger partial charge is 0.394 e. The number of carbonyl (C=O) groups is 1. The lowest BCUT2D eigenvalue weighted by Gasteiger charge is -2.46. The second kappa shape index (κ2) is 50.0. The van der Waals surface area contributed by atoms with Crippen molar-refractivity contribution in [3.63, 3.8) is 0 Å². The number of rotatable bonds is 53. The SMILES string of the molecule is CCCCCCC/C=C\C/C=C\CCCCCCCCCCCC(=O)NC(COC1OC(CO)C(OC2OC(CO)C(O)C(O)C2O)C(O)C1O)C(O)CCCCCCCCCCCCCCCCCCCCCCCCC. The Morgan fingerprint density at radius 1 is 0.462 bits per heavy atom. The third-order valence-corrected chi connectivity index (χ3v) is 16.2. The molecule has 0 bridgehead atoms. The smallest absolute Gasteiger partial charge is 0.220 e. The van der Waals surface area contributed by atoms with Crippen molar-refractivity contribution in [1.29, 1.82) is 0 Å². The summed E-state index contributed by atoms with van der Waals surface area (Å²) in [7, 11) is 0. The summed E-state index contributed by atoms with van der Waals surface area (Å²) in [5, 5.41) is 87.5. The number of carbonyl (C=O) groups excluding carboxylic acids is 1. The maximum Gasteiger partial charge on any atom is 0.220 e. The summed E-state index contributed by atoms with van der Waals surface area (Å²) in [6.45, 7) is 2.89. The Kier molecular flexibility index (Phi) is 46.5. The van der Waals surface area contributed by atoms with Gasteiger partial charge in [0.2, 0.25) is 5.91 Å². The van der Waals surface area contributed by atoms with Crippen molar-refractivity contribution in [2.24, 2.45) is 0 Å². The van der Waals surface area contributed by atoms with Gasteiger partial charge in [-0.05, 0) is 44.9 Å². The molecule has 14 nitrogen and oxygen atoms in total. The molecule has 0 aliphatic carbocycles. The normalized spacial score (nSPS) is 24.6. The molecular formula is C64H121NO13. The molecule has 0 aromatic carbocycles. The van der Waals surface area contributed by atoms with Crippen LogP contribution < -0.4 is 5.32 Å². The van der Waals surface area contributed by atoms with Crippen LogP contribution in [0.2, 0.25) is 0 Å². The number of aliphatic hydroxyl groups excluding tert-OH is 8. The fourth-order valence-electron chi connectivity index (χ4n) is 10.9. The molecule has 2 aliphatic heterocycles. The van der Waals surface area contributed by atoms with Crippen LogP contribution in [0.1, 0.15) is 284 Å². The van der Waals surface area contributed by atoms with Crippen LogP contribution in [0.3, 0.4) is 0 Å². The van der Waals surface area contributed by atoms with Crippen LogP contribution in [-0.2, 0) is 23.7 Å². The fourth-order valence-corrected chi connectivity index (χ4v) is 10.9. The highest BCUT2D eigenvalue weighted by Gasteiger charge is 2.51. The number of aliphatic hydroxyl groups is 8. The number of unbranched alkanes of at least 4 members (excludes halogenated alkanes) is 36. The molecule has 2 rings (SSSR count). The van der Waals surface area contributed by atoms with Crippen molar-refractivity contribution in [3.05, 3.63) is 24.3 Å². The van der Waals surface area contributed by atoms with Crippen molar-refractivity contribution >= 4 is 5.91 Å². The molecular weight excluding hydrogens is 991 g/mol. The Hall–Kier alpha value is -1.53. The maximum atomic E-state index is 13.3. The van der Waals surface area contributed by atoms with Crippen molar-refractivity contribution < 1.29 is 64.6 Å². The Morgan fingerprint density at radius 2 is 0.846 bits per heavy atom. The Labute approximate surface area is 475 Å². The quantitative estimate of drug-likeness (QED) is 0.0204. The maximum absolute atomic E-state index is 13.3. The summed E-state index contributed by atoms with van der Waals surface area (Å²) >= 11 is 0. The first-order chi connectivity index (χ1) is 38.1. The van der Waals surface area contributed by atoms with E-state index >= 15 is 0 Å². The standard InChI is InChI=1S/C64H121NO13/c1-3-5-7-9-11-13-15-17-19-21-23-25-26-28-29-31-33-35-37-39-41-43-45-47-53(68)52(51-75-63-61(74)59(72)62(55(50-67)77-63)78-64-60(73)58(71)57(70)54(49-66)76-64)65-56(69)48-46-44-42-40-38-36-34-32-30-27-24-22-20-18-16-14-12-10-8-6-4-2/h16,18,22,24,52-55,57-64,66-68,70-74H,3-15,17,19-21,23,25-51H2,1-2H3,(H,65,69)/b18-16-,24-22-. The van der Waals surface area contributed by atoms with Crippen LogP contribution in [0, 0.1) is 0 Å². The van der Waals surface area contributed by atoms with E-state index in [2.05, 4.69) is 43.5 Å². The van der Waals surface area contributed by atoms with Gasteiger partial charge in [-0.15, -0.1) is 0 Å². The lowest BCUT2D eigenvalue weighted by atomic mass is 9.97. The van der Waals surface area contributed by atoms with E-state index in [4.69, 9.17) is 18.9 Å². The van der Waals surface area contributed by atoms with Gasteiger partial charge in [-0.25, -0.2) is 0 Å². The van der Waals surface area contributed by atoms with Crippen molar-refractivity contribution in [3.8, 4) is 0 Å². The topological polar surface area (TPSA) is 228 Å². The summed E-state index contributed by atoms with van der Waals surface area (Å²) in [6.07, 6.45) is 43.2. The van der Waals surface area contributed by atoms with Crippen LogP contribution >= 0.6 is 0 Å². The first-order valence-corrected chi connectivity index (χ1v) is 32.6. The molecule has 0 radical (unpaired) electrons. The highest BCUT2D eigenvalue weighted by atomic mass is 16.7. The average Bonchev–Trinajstić information content (AvgIpc) is 3.48. The van der Waals surface area contributed by atoms with Gasteiger partial charge in [-0.2, -0.15) is 0 Å². The molecule has 0 saturated carbocycles. The van der Waals surface area contributed by atoms with E-state index in [9.17, 15) is 45.6 Å². The molecule has 14 heteroatoms. The number of amides is 1. The third kappa shape index (κ3) is 34.8. The summed E-state index contributed by atoms with van der Waals surface area (Å²) in [4.78, 5) is 13.3. The first kappa shape index (κ1) is 72.6. The summed E-state index contributed by atoms with van der Waals surface area (Å²) in [6, 6.07) is -0.831. The molecule has 12 atom stereocenters. The monoisotopic (exact) mass is 1110 g/mol. The lowest BCUT2D eigenvalue weighted by molar-refractivity contribution is -0.359. The predicted octanol–water partition coefficient (Wildman–Crippen LogP) is 12.0. The van der Waals surface area contributed by atoms with Gasteiger partial charge >= 0.3 is 0 Å². The molecule has 0 aromatic heterocycles. The summed E-state index contributed by atoms with van der Waals surface area (Å²) < 4.78 is 22.9. The number of nitrogens with one attached hydrogen (secondary N) is 1. The van der Waals surface area contributed by atoms with Crippen molar-refractivity contribution in [1.82, 2.24) is 5.32 Å². The Morgan fingerprint density at radius 3 is 1.28 bits per heavy atom. The van der Waals surface area contributed by atoms with E-state index in [0.29, 0.717) is 12.8 Å². The van der Waals surface area contributed by atoms with Gasteiger partial charge in [0.15, 0.2) is 12.6 Å². The predicted molar refractivity (Wildman–Crippen MR) is 314 cm³/mol. The number of hydrogen-bond donors (Lipinski definition) is 9. The van der Waals surface area contributed by atoms with Gasteiger partial charge in [-0.3, -0.25) is 4.79 Å². The van der Waals surface area contributed by atoms with Gasteiger partial charge < -0.3 is 65.1 Å². The minimum absolute atomic E-state index is 0.207. The van der Waals surface area contributed by atoms with Crippen molar-refractivity contribution in [2.45, 2.75) is 357 Å². The van der Waals surface area contributed by atoms with E-state index in [1.165, 1.54) is 193 Å². The van der Waals surface area contributed by atoms with E-state index in [1.807, 2.05) is 0 Å². The third-order valence-electron chi connectivity index (χ3n) is 16.2. The molecule has 2 fully saturated rings. The van der Waals surface area contributed by atoms with E-state index in [1.54, 1.807) is 0 Å². The highest BCUT2D eigenvalue weighted by molar-refractivity contribution is 5.76. The molecule has 78 heavy (non-hydrogen) atoms. The molecule has 12 unspecified atom stereocenters. The second-order valence-corrected chi connectivity index (χ2v) is 23.2. The molecule has 2 saturated heterocycles. The average molecular weight is 1110 g/mol.